The van der Waals surface area contributed by atoms with E-state index in [0.29, 0.717) is 11.6 Å². The number of oxazole rings is 1. The van der Waals surface area contributed by atoms with Gasteiger partial charge in [0.15, 0.2) is 5.58 Å². The second-order valence-electron chi connectivity index (χ2n) is 13.5. The number of aromatic nitrogens is 3. The summed E-state index contributed by atoms with van der Waals surface area (Å²) in [6.45, 7) is 0. The summed E-state index contributed by atoms with van der Waals surface area (Å²) in [6.07, 6.45) is 0. The van der Waals surface area contributed by atoms with Crippen molar-refractivity contribution in [1.29, 1.82) is 0 Å². The SMILES string of the molecule is c1ccc(-n2c3ccccc3c3c4c5ccccc5n(-c5nc6c(cc(-c7ccc8ccccc8c7)c7oc8ccccc8c76)o5)c4ccc32)cc1. The van der Waals surface area contributed by atoms with Crippen LogP contribution in [-0.2, 0) is 0 Å². The minimum Gasteiger partial charge on any atom is -0.455 e. The van der Waals surface area contributed by atoms with Gasteiger partial charge in [0.2, 0.25) is 0 Å². The van der Waals surface area contributed by atoms with Crippen molar-refractivity contribution in [1.82, 2.24) is 14.1 Å². The fraction of sp³-hybridized carbons (Fsp3) is 0. The molecule has 0 unspecified atom stereocenters. The van der Waals surface area contributed by atoms with Crippen molar-refractivity contribution in [2.45, 2.75) is 0 Å². The van der Waals surface area contributed by atoms with Crippen molar-refractivity contribution in [2.75, 3.05) is 0 Å². The van der Waals surface area contributed by atoms with Gasteiger partial charge in [0.05, 0.1) is 27.5 Å². The molecule has 4 aromatic heterocycles. The quantitative estimate of drug-likeness (QED) is 0.189. The lowest BCUT2D eigenvalue weighted by atomic mass is 9.98. The lowest BCUT2D eigenvalue weighted by Gasteiger charge is -2.07. The number of hydrogen-bond donors (Lipinski definition) is 0. The van der Waals surface area contributed by atoms with Gasteiger partial charge in [-0.05, 0) is 70.9 Å². The predicted octanol–water partition coefficient (Wildman–Crippen LogP) is 12.7. The minimum absolute atomic E-state index is 0.523. The summed E-state index contributed by atoms with van der Waals surface area (Å²) in [5.74, 6) is 0. The second-order valence-corrected chi connectivity index (χ2v) is 13.5. The lowest BCUT2D eigenvalue weighted by molar-refractivity contribution is 0.574. The van der Waals surface area contributed by atoms with E-state index in [1.54, 1.807) is 0 Å². The van der Waals surface area contributed by atoms with Crippen molar-refractivity contribution in [3.05, 3.63) is 164 Å². The van der Waals surface area contributed by atoms with E-state index in [4.69, 9.17) is 13.8 Å². The fourth-order valence-corrected chi connectivity index (χ4v) is 8.51. The monoisotopic (exact) mass is 665 g/mol. The standard InChI is InChI=1S/C47H27N3O2/c1-2-14-31(15-3-1)49-36-19-9-6-16-32(36)42-38(49)24-25-39-43(42)33-17-7-10-20-37(33)50(39)47-48-45-41(52-47)27-35(30-23-22-28-12-4-5-13-29(28)26-30)46-44(45)34-18-8-11-21-40(34)51-46/h1-27H. The number of hydrogen-bond acceptors (Lipinski definition) is 3. The summed E-state index contributed by atoms with van der Waals surface area (Å²) >= 11 is 0. The second kappa shape index (κ2) is 10.2. The van der Waals surface area contributed by atoms with Crippen LogP contribution in [0, 0.1) is 0 Å². The first-order valence-electron chi connectivity index (χ1n) is 17.6. The van der Waals surface area contributed by atoms with E-state index in [1.807, 2.05) is 12.1 Å². The Balaban J connectivity index is 1.18. The molecule has 0 atom stereocenters. The summed E-state index contributed by atoms with van der Waals surface area (Å²) in [5, 5.41) is 9.09. The number of benzene rings is 8. The molecule has 5 nitrogen and oxygen atoms in total. The fourth-order valence-electron chi connectivity index (χ4n) is 8.51. The molecule has 242 valence electrons. The Morgan fingerprint density at radius 3 is 1.85 bits per heavy atom. The molecular weight excluding hydrogens is 639 g/mol. The summed E-state index contributed by atoms with van der Waals surface area (Å²) in [4.78, 5) is 5.32. The molecule has 0 aliphatic heterocycles. The average molecular weight is 666 g/mol. The molecule has 0 N–H and O–H groups in total. The molecule has 0 bridgehead atoms. The molecule has 12 rings (SSSR count). The maximum atomic E-state index is 6.88. The number of furan rings is 1. The molecule has 0 aliphatic rings. The summed E-state index contributed by atoms with van der Waals surface area (Å²) in [5.41, 5.74) is 10.7. The van der Waals surface area contributed by atoms with E-state index in [9.17, 15) is 0 Å². The van der Waals surface area contributed by atoms with Crippen LogP contribution in [0.25, 0.3) is 110 Å². The average Bonchev–Trinajstić information content (AvgIpc) is 3.96. The van der Waals surface area contributed by atoms with Gasteiger partial charge in [0.25, 0.3) is 0 Å². The van der Waals surface area contributed by atoms with Crippen LogP contribution in [-0.4, -0.2) is 14.1 Å². The third-order valence-electron chi connectivity index (χ3n) is 10.7. The van der Waals surface area contributed by atoms with E-state index < -0.39 is 0 Å². The zero-order valence-electron chi connectivity index (χ0n) is 27.7. The van der Waals surface area contributed by atoms with Crippen LogP contribution in [0.5, 0.6) is 0 Å². The number of rotatable bonds is 3. The van der Waals surface area contributed by atoms with Crippen LogP contribution < -0.4 is 0 Å². The van der Waals surface area contributed by atoms with Gasteiger partial charge in [-0.1, -0.05) is 109 Å². The third-order valence-corrected chi connectivity index (χ3v) is 10.7. The number of para-hydroxylation sites is 4. The van der Waals surface area contributed by atoms with Crippen LogP contribution >= 0.6 is 0 Å². The molecular formula is C47H27N3O2. The first-order valence-corrected chi connectivity index (χ1v) is 17.6. The van der Waals surface area contributed by atoms with Gasteiger partial charge in [0.1, 0.15) is 16.7 Å². The van der Waals surface area contributed by atoms with Crippen LogP contribution in [0.2, 0.25) is 0 Å². The van der Waals surface area contributed by atoms with Crippen LogP contribution in [0.15, 0.2) is 173 Å². The van der Waals surface area contributed by atoms with Crippen LogP contribution in [0.4, 0.5) is 0 Å². The van der Waals surface area contributed by atoms with Gasteiger partial charge in [-0.15, -0.1) is 0 Å². The van der Waals surface area contributed by atoms with Gasteiger partial charge in [-0.3, -0.25) is 4.57 Å². The summed E-state index contributed by atoms with van der Waals surface area (Å²) < 4.78 is 18.1. The highest BCUT2D eigenvalue weighted by Crippen LogP contribution is 2.45. The molecule has 0 saturated carbocycles. The minimum atomic E-state index is 0.523. The molecule has 0 amide bonds. The van der Waals surface area contributed by atoms with Gasteiger partial charge in [-0.2, -0.15) is 4.98 Å². The summed E-state index contributed by atoms with van der Waals surface area (Å²) in [7, 11) is 0. The Kier molecular flexibility index (Phi) is 5.44. The molecule has 0 saturated heterocycles. The largest absolute Gasteiger partial charge is 0.455 e. The van der Waals surface area contributed by atoms with Gasteiger partial charge < -0.3 is 13.4 Å². The Morgan fingerprint density at radius 1 is 0.423 bits per heavy atom. The van der Waals surface area contributed by atoms with Gasteiger partial charge >= 0.3 is 6.01 Å². The molecule has 4 heterocycles. The highest BCUT2D eigenvalue weighted by molar-refractivity contribution is 6.29. The highest BCUT2D eigenvalue weighted by Gasteiger charge is 2.25. The topological polar surface area (TPSA) is 49.0 Å². The molecule has 0 radical (unpaired) electrons. The zero-order chi connectivity index (χ0) is 33.9. The molecule has 52 heavy (non-hydrogen) atoms. The molecule has 8 aromatic carbocycles. The van der Waals surface area contributed by atoms with E-state index in [0.717, 1.165) is 66.2 Å². The maximum Gasteiger partial charge on any atom is 0.307 e. The molecule has 5 heteroatoms. The van der Waals surface area contributed by atoms with Crippen molar-refractivity contribution in [3.8, 4) is 22.8 Å². The molecule has 0 spiro atoms. The highest BCUT2D eigenvalue weighted by atomic mass is 16.4. The van der Waals surface area contributed by atoms with Crippen molar-refractivity contribution >= 4 is 87.4 Å². The van der Waals surface area contributed by atoms with Gasteiger partial charge in [0, 0.05) is 38.2 Å². The first kappa shape index (κ1) is 27.7. The molecule has 0 aliphatic carbocycles. The van der Waals surface area contributed by atoms with Crippen LogP contribution in [0.1, 0.15) is 0 Å². The predicted molar refractivity (Wildman–Crippen MR) is 213 cm³/mol. The van der Waals surface area contributed by atoms with E-state index in [2.05, 4.69) is 161 Å². The van der Waals surface area contributed by atoms with Crippen molar-refractivity contribution < 1.29 is 8.83 Å². The Labute approximate surface area is 296 Å². The van der Waals surface area contributed by atoms with Gasteiger partial charge in [-0.25, -0.2) is 0 Å². The zero-order valence-corrected chi connectivity index (χ0v) is 27.7. The Morgan fingerprint density at radius 2 is 1.06 bits per heavy atom. The van der Waals surface area contributed by atoms with Crippen molar-refractivity contribution in [2.24, 2.45) is 0 Å². The summed E-state index contributed by atoms with van der Waals surface area (Å²) in [6, 6.07) is 58.1. The smallest absolute Gasteiger partial charge is 0.307 e. The number of fused-ring (bicyclic) bond motifs is 13. The van der Waals surface area contributed by atoms with E-state index in [1.165, 1.54) is 32.4 Å². The van der Waals surface area contributed by atoms with Crippen molar-refractivity contribution in [3.63, 3.8) is 0 Å². The van der Waals surface area contributed by atoms with Crippen LogP contribution in [0.3, 0.4) is 0 Å². The van der Waals surface area contributed by atoms with E-state index >= 15 is 0 Å². The molecule has 12 aromatic rings. The molecule has 0 fully saturated rings. The number of nitrogens with zero attached hydrogens (tertiary/aromatic N) is 3. The first-order chi connectivity index (χ1) is 25.8. The Bertz CT molecular complexity index is 3410. The Hall–Kier alpha value is -7.11. The van der Waals surface area contributed by atoms with E-state index in [-0.39, 0.29) is 0 Å². The normalized spacial score (nSPS) is 12.2. The maximum absolute atomic E-state index is 6.88. The third kappa shape index (κ3) is 3.69. The lowest BCUT2D eigenvalue weighted by Crippen LogP contribution is -1.94.